The minimum absolute atomic E-state index is 0.0804. The van der Waals surface area contributed by atoms with Gasteiger partial charge in [-0.1, -0.05) is 128 Å². The van der Waals surface area contributed by atoms with Crippen LogP contribution in [0.2, 0.25) is 0 Å². The van der Waals surface area contributed by atoms with Crippen LogP contribution >= 0.6 is 7.82 Å². The number of phosphoric acid groups is 1. The number of ether oxygens (including phenoxy) is 2. The van der Waals surface area contributed by atoms with Crippen LogP contribution in [-0.2, 0) is 32.7 Å². The molecular formula is C35H65O10P. The van der Waals surface area contributed by atoms with E-state index in [1.54, 1.807) is 0 Å². The van der Waals surface area contributed by atoms with Gasteiger partial charge in [0.2, 0.25) is 0 Å². The summed E-state index contributed by atoms with van der Waals surface area (Å²) in [6.07, 6.45) is 27.4. The van der Waals surface area contributed by atoms with E-state index in [4.69, 9.17) is 19.1 Å². The molecule has 0 heterocycles. The summed E-state index contributed by atoms with van der Waals surface area (Å²) < 4.78 is 32.4. The first-order valence-electron chi connectivity index (χ1n) is 17.8. The molecule has 11 heteroatoms. The summed E-state index contributed by atoms with van der Waals surface area (Å²) >= 11 is 0. The summed E-state index contributed by atoms with van der Waals surface area (Å²) in [6.45, 7) is 2.26. The maximum absolute atomic E-state index is 12.5. The van der Waals surface area contributed by atoms with E-state index in [-0.39, 0.29) is 19.4 Å². The fourth-order valence-electron chi connectivity index (χ4n) is 4.57. The first kappa shape index (κ1) is 44.5. The maximum atomic E-state index is 12.5. The Balaban J connectivity index is 4.50. The fraction of sp³-hybridized carbons (Fsp3) is 0.829. The van der Waals surface area contributed by atoms with Gasteiger partial charge in [-0.25, -0.2) is 4.57 Å². The molecule has 0 spiro atoms. The molecule has 2 unspecified atom stereocenters. The predicted molar refractivity (Wildman–Crippen MR) is 182 cm³/mol. The van der Waals surface area contributed by atoms with Gasteiger partial charge in [0.25, 0.3) is 0 Å². The number of hydrogen-bond donors (Lipinski definition) is 3. The summed E-state index contributed by atoms with van der Waals surface area (Å²) in [7, 11) is -4.62. The number of aliphatic hydroxyl groups is 2. The smallest absolute Gasteiger partial charge is 0.462 e. The molecule has 0 rings (SSSR count). The largest absolute Gasteiger partial charge is 0.472 e. The molecule has 0 saturated heterocycles. The Hall–Kier alpha value is -1.55. The molecule has 0 aromatic rings. The van der Waals surface area contributed by atoms with Crippen molar-refractivity contribution < 1.29 is 47.8 Å². The highest BCUT2D eigenvalue weighted by atomic mass is 31.2. The molecule has 3 N–H and O–H groups in total. The van der Waals surface area contributed by atoms with Gasteiger partial charge in [-0.15, -0.1) is 0 Å². The van der Waals surface area contributed by atoms with E-state index in [2.05, 4.69) is 30.5 Å². The molecule has 0 aliphatic carbocycles. The van der Waals surface area contributed by atoms with Gasteiger partial charge in [-0.2, -0.15) is 0 Å². The van der Waals surface area contributed by atoms with Crippen LogP contribution < -0.4 is 0 Å². The Morgan fingerprint density at radius 1 is 0.652 bits per heavy atom. The van der Waals surface area contributed by atoms with Crippen LogP contribution in [-0.4, -0.2) is 65.7 Å². The second-order valence-corrected chi connectivity index (χ2v) is 13.4. The average molecular weight is 677 g/mol. The van der Waals surface area contributed by atoms with Crippen molar-refractivity contribution in [3.63, 3.8) is 0 Å². The number of phosphoric ester groups is 1. The zero-order valence-corrected chi connectivity index (χ0v) is 29.7. The lowest BCUT2D eigenvalue weighted by molar-refractivity contribution is -0.161. The van der Waals surface area contributed by atoms with Crippen molar-refractivity contribution in [1.82, 2.24) is 0 Å². The minimum Gasteiger partial charge on any atom is -0.462 e. The summed E-state index contributed by atoms with van der Waals surface area (Å²) in [5.74, 6) is -1.01. The molecule has 0 bridgehead atoms. The quantitative estimate of drug-likeness (QED) is 0.0268. The van der Waals surface area contributed by atoms with Crippen LogP contribution in [0.3, 0.4) is 0 Å². The van der Waals surface area contributed by atoms with E-state index in [9.17, 15) is 24.2 Å². The zero-order valence-electron chi connectivity index (χ0n) is 28.8. The van der Waals surface area contributed by atoms with Gasteiger partial charge in [0.05, 0.1) is 19.8 Å². The maximum Gasteiger partial charge on any atom is 0.472 e. The molecule has 0 saturated carbocycles. The molecule has 0 fully saturated rings. The molecule has 270 valence electrons. The van der Waals surface area contributed by atoms with Gasteiger partial charge in [0, 0.05) is 12.8 Å². The number of rotatable bonds is 33. The fourth-order valence-corrected chi connectivity index (χ4v) is 5.36. The number of allylic oxidation sites excluding steroid dienone is 4. The Labute approximate surface area is 278 Å². The summed E-state index contributed by atoms with van der Waals surface area (Å²) in [5.41, 5.74) is 0. The molecule has 10 nitrogen and oxygen atoms in total. The van der Waals surface area contributed by atoms with E-state index in [0.717, 1.165) is 32.1 Å². The Kier molecular flexibility index (Phi) is 30.9. The second kappa shape index (κ2) is 32.0. The number of hydrogen-bond acceptors (Lipinski definition) is 9. The topological polar surface area (TPSA) is 149 Å². The van der Waals surface area contributed by atoms with Crippen molar-refractivity contribution in [3.8, 4) is 0 Å². The van der Waals surface area contributed by atoms with Gasteiger partial charge in [-0.3, -0.25) is 18.6 Å². The predicted octanol–water partition coefficient (Wildman–Crippen LogP) is 8.27. The molecule has 0 aromatic heterocycles. The lowest BCUT2D eigenvalue weighted by Crippen LogP contribution is -2.29. The number of esters is 2. The van der Waals surface area contributed by atoms with Crippen molar-refractivity contribution in [2.45, 2.75) is 161 Å². The third kappa shape index (κ3) is 31.1. The van der Waals surface area contributed by atoms with Crippen LogP contribution in [0.5, 0.6) is 0 Å². The molecule has 0 amide bonds. The van der Waals surface area contributed by atoms with E-state index < -0.39 is 51.8 Å². The third-order valence-electron chi connectivity index (χ3n) is 7.37. The van der Waals surface area contributed by atoms with E-state index in [0.29, 0.717) is 12.8 Å². The van der Waals surface area contributed by atoms with Crippen molar-refractivity contribution in [1.29, 1.82) is 0 Å². The van der Waals surface area contributed by atoms with E-state index in [1.165, 1.54) is 77.0 Å². The molecule has 0 aliphatic rings. The molecular weight excluding hydrogens is 611 g/mol. The van der Waals surface area contributed by atoms with Crippen LogP contribution in [0.15, 0.2) is 24.3 Å². The van der Waals surface area contributed by atoms with Crippen molar-refractivity contribution in [3.05, 3.63) is 24.3 Å². The van der Waals surface area contributed by atoms with Crippen LogP contribution in [0, 0.1) is 0 Å². The average Bonchev–Trinajstić information content (AvgIpc) is 3.04. The third-order valence-corrected chi connectivity index (χ3v) is 8.32. The first-order valence-corrected chi connectivity index (χ1v) is 19.3. The van der Waals surface area contributed by atoms with Crippen molar-refractivity contribution in [2.24, 2.45) is 0 Å². The monoisotopic (exact) mass is 676 g/mol. The Morgan fingerprint density at radius 3 is 1.76 bits per heavy atom. The first-order chi connectivity index (χ1) is 22.2. The number of carbonyl (C=O) groups is 2. The van der Waals surface area contributed by atoms with Gasteiger partial charge in [0.1, 0.15) is 12.7 Å². The van der Waals surface area contributed by atoms with Gasteiger partial charge >= 0.3 is 19.8 Å². The Bertz CT molecular complexity index is 832. The summed E-state index contributed by atoms with van der Waals surface area (Å²) in [4.78, 5) is 34.6. The van der Waals surface area contributed by atoms with Gasteiger partial charge in [-0.05, 0) is 32.1 Å². The lowest BCUT2D eigenvalue weighted by Gasteiger charge is -2.20. The van der Waals surface area contributed by atoms with Crippen LogP contribution in [0.25, 0.3) is 0 Å². The van der Waals surface area contributed by atoms with Crippen molar-refractivity contribution >= 4 is 19.8 Å². The Morgan fingerprint density at radius 2 is 1.17 bits per heavy atom. The van der Waals surface area contributed by atoms with E-state index in [1.807, 2.05) is 12.2 Å². The zero-order chi connectivity index (χ0) is 34.1. The number of unbranched alkanes of at least 4 members (excludes halogenated alkanes) is 15. The van der Waals surface area contributed by atoms with Crippen molar-refractivity contribution in [2.75, 3.05) is 26.4 Å². The number of carbonyl (C=O) groups excluding carboxylic acids is 2. The molecule has 0 radical (unpaired) electrons. The second-order valence-electron chi connectivity index (χ2n) is 11.9. The van der Waals surface area contributed by atoms with Crippen LogP contribution in [0.4, 0.5) is 0 Å². The summed E-state index contributed by atoms with van der Waals surface area (Å²) in [5, 5.41) is 18.2. The standard InChI is InChI=1S/C35H65O10P/c1-3-5-7-9-11-13-15-16-17-19-21-23-25-27-35(39)45-33(31-44-46(40,41)43-29-32(37)28-36)30-42-34(38)26-24-22-20-18-14-12-10-8-6-4-2/h16-17,21,23,32-33,36-37H,3-15,18-20,22,24-31H2,1-2H3,(H,40,41)/b17-16+,23-21+/t32-,33?/m0/s1. The molecule has 0 aliphatic heterocycles. The highest BCUT2D eigenvalue weighted by Gasteiger charge is 2.27. The normalized spacial score (nSPS) is 14.5. The highest BCUT2D eigenvalue weighted by Crippen LogP contribution is 2.43. The van der Waals surface area contributed by atoms with Crippen LogP contribution in [0.1, 0.15) is 149 Å². The summed E-state index contributed by atoms with van der Waals surface area (Å²) in [6, 6.07) is 0. The van der Waals surface area contributed by atoms with Gasteiger partial charge < -0.3 is 24.6 Å². The lowest BCUT2D eigenvalue weighted by atomic mass is 10.1. The molecule has 0 aromatic carbocycles. The minimum atomic E-state index is -4.62. The molecule has 46 heavy (non-hydrogen) atoms. The number of aliphatic hydroxyl groups excluding tert-OH is 2. The van der Waals surface area contributed by atoms with E-state index >= 15 is 0 Å². The highest BCUT2D eigenvalue weighted by molar-refractivity contribution is 7.47. The molecule has 3 atom stereocenters. The SMILES string of the molecule is CCCCCCCC/C=C/C/C=C/CCC(=O)OC(COC(=O)CCCCCCCCCCCC)COP(=O)(O)OC[C@@H](O)CO. The van der Waals surface area contributed by atoms with Gasteiger partial charge in [0.15, 0.2) is 6.10 Å².